The second-order valence-electron chi connectivity index (χ2n) is 6.54. The lowest BCUT2D eigenvalue weighted by Crippen LogP contribution is -3.11. The first-order chi connectivity index (χ1) is 12.0. The van der Waals surface area contributed by atoms with Gasteiger partial charge in [0, 0.05) is 11.8 Å². The quantitative estimate of drug-likeness (QED) is 0.653. The fourth-order valence-corrected chi connectivity index (χ4v) is 3.07. The first-order valence-electron chi connectivity index (χ1n) is 8.44. The number of likely N-dealkylation sites (N-methyl/N-ethyl adjacent to an activating group) is 1. The van der Waals surface area contributed by atoms with E-state index in [4.69, 9.17) is 4.74 Å². The number of ether oxygens (including phenoxy) is 1. The Morgan fingerprint density at radius 1 is 1.28 bits per heavy atom. The van der Waals surface area contributed by atoms with Crippen molar-refractivity contribution in [1.29, 1.82) is 5.26 Å². The highest BCUT2D eigenvalue weighted by atomic mass is 16.5. The van der Waals surface area contributed by atoms with Gasteiger partial charge in [0.05, 0.1) is 20.2 Å². The van der Waals surface area contributed by atoms with E-state index < -0.39 is 5.54 Å². The van der Waals surface area contributed by atoms with Crippen LogP contribution in [0.2, 0.25) is 0 Å². The van der Waals surface area contributed by atoms with Gasteiger partial charge in [0.15, 0.2) is 13.1 Å². The molecule has 1 unspecified atom stereocenters. The van der Waals surface area contributed by atoms with Crippen molar-refractivity contribution in [2.45, 2.75) is 31.2 Å². The van der Waals surface area contributed by atoms with E-state index in [1.165, 1.54) is 0 Å². The molecule has 3 N–H and O–H groups in total. The molecule has 1 saturated carbocycles. The molecule has 2 rings (SSSR count). The topological polar surface area (TPSA) is 95.7 Å². The number of hydrogen-bond acceptors (Lipinski definition) is 4. The lowest BCUT2D eigenvalue weighted by molar-refractivity contribution is -0.862. The van der Waals surface area contributed by atoms with Gasteiger partial charge in [-0.25, -0.2) is 0 Å². The Morgan fingerprint density at radius 2 is 1.96 bits per heavy atom. The Bertz CT molecular complexity index is 663. The lowest BCUT2D eigenvalue weighted by Gasteiger charge is -2.22. The summed E-state index contributed by atoms with van der Waals surface area (Å²) in [4.78, 5) is 25.0. The van der Waals surface area contributed by atoms with Gasteiger partial charge in [-0.2, -0.15) is 5.26 Å². The standard InChI is InChI=1S/C18H24N4O3/c1-22(12-17(24)21-18(13-19)8-3-4-9-18)11-16(23)20-14-6-5-7-15(10-14)25-2/h5-7,10H,3-4,8-9,11-12H2,1-2H3,(H,20,23)(H,21,24)/p+1. The Kier molecular flexibility index (Phi) is 6.37. The molecule has 2 amide bonds. The third kappa shape index (κ3) is 5.47. The normalized spacial score (nSPS) is 16.5. The van der Waals surface area contributed by atoms with Crippen LogP contribution in [0.1, 0.15) is 25.7 Å². The largest absolute Gasteiger partial charge is 0.497 e. The maximum Gasteiger partial charge on any atom is 0.279 e. The minimum atomic E-state index is -0.722. The molecule has 7 heteroatoms. The van der Waals surface area contributed by atoms with Crippen LogP contribution in [0.25, 0.3) is 0 Å². The maximum absolute atomic E-state index is 12.2. The van der Waals surface area contributed by atoms with E-state index in [-0.39, 0.29) is 24.9 Å². The zero-order chi connectivity index (χ0) is 18.3. The number of benzene rings is 1. The van der Waals surface area contributed by atoms with Crippen molar-refractivity contribution in [1.82, 2.24) is 5.32 Å². The van der Waals surface area contributed by atoms with Crippen molar-refractivity contribution >= 4 is 17.5 Å². The molecular formula is C18H25N4O3+. The van der Waals surface area contributed by atoms with Gasteiger partial charge in [0.25, 0.3) is 11.8 Å². The number of nitrogens with zero attached hydrogens (tertiary/aromatic N) is 1. The molecule has 0 aliphatic heterocycles. The van der Waals surface area contributed by atoms with Gasteiger partial charge in [0.1, 0.15) is 11.3 Å². The Balaban J connectivity index is 1.80. The number of nitrogens with one attached hydrogen (secondary N) is 3. The number of rotatable bonds is 7. The first kappa shape index (κ1) is 18.7. The van der Waals surface area contributed by atoms with Crippen molar-refractivity contribution in [2.75, 3.05) is 32.6 Å². The molecular weight excluding hydrogens is 320 g/mol. The lowest BCUT2D eigenvalue weighted by atomic mass is 10.00. The van der Waals surface area contributed by atoms with Crippen molar-refractivity contribution in [3.05, 3.63) is 24.3 Å². The minimum absolute atomic E-state index is 0.148. The molecule has 1 aliphatic carbocycles. The smallest absolute Gasteiger partial charge is 0.279 e. The van der Waals surface area contributed by atoms with Gasteiger partial charge < -0.3 is 20.3 Å². The number of carbonyl (C=O) groups excluding carboxylic acids is 2. The zero-order valence-electron chi connectivity index (χ0n) is 14.7. The molecule has 25 heavy (non-hydrogen) atoms. The molecule has 1 aliphatic rings. The van der Waals surface area contributed by atoms with E-state index in [9.17, 15) is 14.9 Å². The third-order valence-electron chi connectivity index (χ3n) is 4.33. The number of quaternary nitrogens is 1. The van der Waals surface area contributed by atoms with Gasteiger partial charge >= 0.3 is 0 Å². The van der Waals surface area contributed by atoms with E-state index >= 15 is 0 Å². The van der Waals surface area contributed by atoms with Crippen molar-refractivity contribution in [3.8, 4) is 11.8 Å². The number of methoxy groups -OCH3 is 1. The van der Waals surface area contributed by atoms with Gasteiger partial charge in [-0.1, -0.05) is 6.07 Å². The first-order valence-corrected chi connectivity index (χ1v) is 8.44. The number of amides is 2. The average molecular weight is 345 g/mol. The molecule has 7 nitrogen and oxygen atoms in total. The summed E-state index contributed by atoms with van der Waals surface area (Å²) in [5, 5.41) is 14.9. The molecule has 0 spiro atoms. The minimum Gasteiger partial charge on any atom is -0.497 e. The van der Waals surface area contributed by atoms with Crippen LogP contribution in [0.4, 0.5) is 5.69 Å². The highest BCUT2D eigenvalue weighted by Gasteiger charge is 2.35. The highest BCUT2D eigenvalue weighted by molar-refractivity contribution is 5.91. The Labute approximate surface area is 147 Å². The summed E-state index contributed by atoms with van der Waals surface area (Å²) in [6.45, 7) is 0.305. The van der Waals surface area contributed by atoms with Crippen LogP contribution in [0.5, 0.6) is 5.75 Å². The molecule has 0 heterocycles. The molecule has 1 fully saturated rings. The van der Waals surface area contributed by atoms with Crippen LogP contribution < -0.4 is 20.3 Å². The van der Waals surface area contributed by atoms with E-state index in [0.717, 1.165) is 17.7 Å². The maximum atomic E-state index is 12.2. The van der Waals surface area contributed by atoms with E-state index in [0.29, 0.717) is 24.3 Å². The number of hydrogen-bond donors (Lipinski definition) is 3. The summed E-state index contributed by atoms with van der Waals surface area (Å²) in [5.74, 6) is 0.279. The fraction of sp³-hybridized carbons (Fsp3) is 0.500. The molecule has 1 aromatic carbocycles. The molecule has 1 atom stereocenters. The van der Waals surface area contributed by atoms with Crippen molar-refractivity contribution in [3.63, 3.8) is 0 Å². The van der Waals surface area contributed by atoms with E-state index in [2.05, 4.69) is 16.7 Å². The Hall–Kier alpha value is -2.59. The Morgan fingerprint density at radius 3 is 2.60 bits per heavy atom. The fourth-order valence-electron chi connectivity index (χ4n) is 3.07. The number of carbonyl (C=O) groups is 2. The molecule has 1 aromatic rings. The summed E-state index contributed by atoms with van der Waals surface area (Å²) in [6.07, 6.45) is 3.31. The molecule has 0 bridgehead atoms. The third-order valence-corrected chi connectivity index (χ3v) is 4.33. The van der Waals surface area contributed by atoms with Crippen molar-refractivity contribution < 1.29 is 19.2 Å². The molecule has 134 valence electrons. The van der Waals surface area contributed by atoms with Crippen LogP contribution in [0, 0.1) is 11.3 Å². The van der Waals surface area contributed by atoms with Crippen LogP contribution in [0.3, 0.4) is 0 Å². The van der Waals surface area contributed by atoms with Gasteiger partial charge in [0.2, 0.25) is 0 Å². The summed E-state index contributed by atoms with van der Waals surface area (Å²) >= 11 is 0. The summed E-state index contributed by atoms with van der Waals surface area (Å²) < 4.78 is 5.12. The summed E-state index contributed by atoms with van der Waals surface area (Å²) in [5.41, 5.74) is -0.0729. The molecule has 0 aromatic heterocycles. The van der Waals surface area contributed by atoms with Crippen molar-refractivity contribution in [2.24, 2.45) is 0 Å². The average Bonchev–Trinajstić information content (AvgIpc) is 3.03. The molecule has 0 radical (unpaired) electrons. The van der Waals surface area contributed by atoms with E-state index in [1.54, 1.807) is 38.4 Å². The predicted molar refractivity (Wildman–Crippen MR) is 93.2 cm³/mol. The van der Waals surface area contributed by atoms with E-state index in [1.807, 2.05) is 0 Å². The number of anilines is 1. The zero-order valence-corrected chi connectivity index (χ0v) is 14.7. The summed E-state index contributed by atoms with van der Waals surface area (Å²) in [6, 6.07) is 9.33. The van der Waals surface area contributed by atoms with Crippen LogP contribution >= 0.6 is 0 Å². The summed E-state index contributed by atoms with van der Waals surface area (Å²) in [7, 11) is 3.34. The van der Waals surface area contributed by atoms with Crippen LogP contribution in [-0.4, -0.2) is 44.6 Å². The predicted octanol–water partition coefficient (Wildman–Crippen LogP) is 0.101. The SMILES string of the molecule is COc1cccc(NC(=O)C[NH+](C)CC(=O)NC2(C#N)CCCC2)c1. The van der Waals surface area contributed by atoms with Crippen LogP contribution in [0.15, 0.2) is 24.3 Å². The van der Waals surface area contributed by atoms with Gasteiger partial charge in [-0.05, 0) is 37.8 Å². The highest BCUT2D eigenvalue weighted by Crippen LogP contribution is 2.28. The van der Waals surface area contributed by atoms with Gasteiger partial charge in [-0.15, -0.1) is 0 Å². The second-order valence-corrected chi connectivity index (χ2v) is 6.54. The second kappa shape index (κ2) is 8.49. The van der Waals surface area contributed by atoms with Crippen LogP contribution in [-0.2, 0) is 9.59 Å². The number of nitriles is 1. The van der Waals surface area contributed by atoms with Gasteiger partial charge in [-0.3, -0.25) is 9.59 Å². The molecule has 0 saturated heterocycles. The monoisotopic (exact) mass is 345 g/mol.